The fourth-order valence-electron chi connectivity index (χ4n) is 1.50. The second-order valence-corrected chi connectivity index (χ2v) is 4.54. The molecule has 104 valence electrons. The average Bonchev–Trinajstić information content (AvgIpc) is 2.35. The van der Waals surface area contributed by atoms with E-state index in [1.165, 1.54) is 6.92 Å². The fourth-order valence-corrected chi connectivity index (χ4v) is 1.50. The number of carbonyl (C=O) groups is 2. The van der Waals surface area contributed by atoms with Crippen molar-refractivity contribution in [2.24, 2.45) is 0 Å². The Bertz CT molecular complexity index is 428. The summed E-state index contributed by atoms with van der Waals surface area (Å²) in [4.78, 5) is 23.7. The van der Waals surface area contributed by atoms with Gasteiger partial charge in [-0.25, -0.2) is 4.79 Å². The second-order valence-electron chi connectivity index (χ2n) is 4.54. The molecular formula is C14H19NO4. The molecule has 1 aromatic rings. The first kappa shape index (κ1) is 15.2. The molecule has 1 rings (SSSR count). The Morgan fingerprint density at radius 1 is 1.16 bits per heavy atom. The third-order valence-electron chi connectivity index (χ3n) is 2.41. The number of rotatable bonds is 5. The van der Waals surface area contributed by atoms with Crippen molar-refractivity contribution in [1.29, 1.82) is 0 Å². The van der Waals surface area contributed by atoms with Gasteiger partial charge >= 0.3 is 5.97 Å². The van der Waals surface area contributed by atoms with Crippen LogP contribution in [0.25, 0.3) is 0 Å². The van der Waals surface area contributed by atoms with Gasteiger partial charge in [0.1, 0.15) is 0 Å². The first-order valence-corrected chi connectivity index (χ1v) is 6.16. The fraction of sp³-hybridized carbons (Fsp3) is 0.429. The molecule has 0 saturated carbocycles. The zero-order valence-electron chi connectivity index (χ0n) is 11.3. The van der Waals surface area contributed by atoms with Crippen molar-refractivity contribution < 1.29 is 19.4 Å². The summed E-state index contributed by atoms with van der Waals surface area (Å²) in [6.07, 6.45) is -1.33. The number of benzene rings is 1. The third-order valence-corrected chi connectivity index (χ3v) is 2.41. The molecule has 0 aliphatic heterocycles. The van der Waals surface area contributed by atoms with Gasteiger partial charge in [0.15, 0.2) is 6.04 Å². The molecule has 0 fully saturated rings. The molecule has 5 heteroatoms. The zero-order valence-corrected chi connectivity index (χ0v) is 11.3. The lowest BCUT2D eigenvalue weighted by atomic mass is 10.1. The van der Waals surface area contributed by atoms with Crippen molar-refractivity contribution in [2.75, 3.05) is 0 Å². The van der Waals surface area contributed by atoms with E-state index in [1.807, 2.05) is 0 Å². The minimum absolute atomic E-state index is 0.303. The zero-order chi connectivity index (χ0) is 14.4. The normalized spacial score (nSPS) is 13.7. The van der Waals surface area contributed by atoms with Gasteiger partial charge in [-0.05, 0) is 32.9 Å². The number of esters is 1. The van der Waals surface area contributed by atoms with Crippen LogP contribution < -0.4 is 5.32 Å². The standard InChI is InChI=1S/C14H19NO4/c1-9(2)19-14(18)12(10(3)16)15-13(17)11-7-5-4-6-8-11/h4-10,12,16H,1-3H3,(H,15,17)/t10-,12+/m0/s1. The van der Waals surface area contributed by atoms with Gasteiger partial charge in [-0.3, -0.25) is 4.79 Å². The van der Waals surface area contributed by atoms with E-state index in [2.05, 4.69) is 5.32 Å². The summed E-state index contributed by atoms with van der Waals surface area (Å²) < 4.78 is 5.00. The highest BCUT2D eigenvalue weighted by atomic mass is 16.5. The van der Waals surface area contributed by atoms with Crippen molar-refractivity contribution in [3.63, 3.8) is 0 Å². The Hall–Kier alpha value is -1.88. The van der Waals surface area contributed by atoms with Gasteiger partial charge in [-0.1, -0.05) is 18.2 Å². The number of amides is 1. The summed E-state index contributed by atoms with van der Waals surface area (Å²) in [5, 5.41) is 12.1. The van der Waals surface area contributed by atoms with Crippen molar-refractivity contribution >= 4 is 11.9 Å². The van der Waals surface area contributed by atoms with Crippen LogP contribution in [0.1, 0.15) is 31.1 Å². The Morgan fingerprint density at radius 2 is 1.74 bits per heavy atom. The minimum atomic E-state index is -1.07. The molecule has 0 aliphatic carbocycles. The molecule has 1 amide bonds. The van der Waals surface area contributed by atoms with E-state index in [-0.39, 0.29) is 6.10 Å². The van der Waals surface area contributed by atoms with E-state index in [9.17, 15) is 14.7 Å². The summed E-state index contributed by atoms with van der Waals surface area (Å²) in [5.41, 5.74) is 0.422. The molecular weight excluding hydrogens is 246 g/mol. The van der Waals surface area contributed by atoms with Gasteiger partial charge in [0.25, 0.3) is 5.91 Å². The van der Waals surface area contributed by atoms with Gasteiger partial charge < -0.3 is 15.2 Å². The number of carbonyl (C=O) groups excluding carboxylic acids is 2. The van der Waals surface area contributed by atoms with Gasteiger partial charge in [0, 0.05) is 5.56 Å². The summed E-state index contributed by atoms with van der Waals surface area (Å²) in [7, 11) is 0. The highest BCUT2D eigenvalue weighted by Gasteiger charge is 2.28. The average molecular weight is 265 g/mol. The SMILES string of the molecule is CC(C)OC(=O)[C@H](NC(=O)c1ccccc1)[C@H](C)O. The maximum absolute atomic E-state index is 11.9. The Labute approximate surface area is 112 Å². The Balaban J connectivity index is 2.74. The molecule has 0 heterocycles. The summed E-state index contributed by atoms with van der Waals surface area (Å²) in [6.45, 7) is 4.84. The van der Waals surface area contributed by atoms with E-state index >= 15 is 0 Å². The Morgan fingerprint density at radius 3 is 2.21 bits per heavy atom. The molecule has 0 unspecified atom stereocenters. The molecule has 0 aliphatic rings. The van der Waals surface area contributed by atoms with Crippen molar-refractivity contribution in [3.05, 3.63) is 35.9 Å². The van der Waals surface area contributed by atoms with Crippen LogP contribution in [0.4, 0.5) is 0 Å². The lowest BCUT2D eigenvalue weighted by molar-refractivity contribution is -0.152. The smallest absolute Gasteiger partial charge is 0.331 e. The van der Waals surface area contributed by atoms with Gasteiger partial charge in [-0.2, -0.15) is 0 Å². The summed E-state index contributed by atoms with van der Waals surface area (Å²) in [6, 6.07) is 7.41. The number of hydrogen-bond donors (Lipinski definition) is 2. The maximum atomic E-state index is 11.9. The quantitative estimate of drug-likeness (QED) is 0.782. The molecule has 0 bridgehead atoms. The Kier molecular flexibility index (Phi) is 5.51. The van der Waals surface area contributed by atoms with Crippen LogP contribution in [0.15, 0.2) is 30.3 Å². The molecule has 2 N–H and O–H groups in total. The molecule has 0 saturated heterocycles. The van der Waals surface area contributed by atoms with Crippen LogP contribution in [0, 0.1) is 0 Å². The molecule has 0 aromatic heterocycles. The number of aliphatic hydroxyl groups excluding tert-OH is 1. The number of aliphatic hydroxyl groups is 1. The maximum Gasteiger partial charge on any atom is 0.331 e. The lowest BCUT2D eigenvalue weighted by Gasteiger charge is -2.21. The predicted molar refractivity (Wildman–Crippen MR) is 70.6 cm³/mol. The van der Waals surface area contributed by atoms with Crippen molar-refractivity contribution in [2.45, 2.75) is 39.0 Å². The number of nitrogens with one attached hydrogen (secondary N) is 1. The monoisotopic (exact) mass is 265 g/mol. The lowest BCUT2D eigenvalue weighted by Crippen LogP contribution is -2.49. The first-order valence-electron chi connectivity index (χ1n) is 6.16. The molecule has 0 spiro atoms. The predicted octanol–water partition coefficient (Wildman–Crippen LogP) is 1.12. The van der Waals surface area contributed by atoms with Crippen LogP contribution in [-0.4, -0.2) is 35.2 Å². The van der Waals surface area contributed by atoms with E-state index in [0.717, 1.165) is 0 Å². The highest BCUT2D eigenvalue weighted by Crippen LogP contribution is 2.03. The van der Waals surface area contributed by atoms with Crippen LogP contribution in [-0.2, 0) is 9.53 Å². The van der Waals surface area contributed by atoms with Crippen LogP contribution in [0.3, 0.4) is 0 Å². The molecule has 1 aromatic carbocycles. The van der Waals surface area contributed by atoms with Crippen LogP contribution >= 0.6 is 0 Å². The van der Waals surface area contributed by atoms with Gasteiger partial charge in [0.2, 0.25) is 0 Å². The van der Waals surface area contributed by atoms with E-state index in [0.29, 0.717) is 5.56 Å². The molecule has 2 atom stereocenters. The highest BCUT2D eigenvalue weighted by molar-refractivity contribution is 5.96. The van der Waals surface area contributed by atoms with Crippen molar-refractivity contribution in [1.82, 2.24) is 5.32 Å². The summed E-state index contributed by atoms with van der Waals surface area (Å²) >= 11 is 0. The van der Waals surface area contributed by atoms with E-state index < -0.39 is 24.0 Å². The minimum Gasteiger partial charge on any atom is -0.461 e. The molecule has 5 nitrogen and oxygen atoms in total. The first-order chi connectivity index (χ1) is 8.91. The second kappa shape index (κ2) is 6.89. The van der Waals surface area contributed by atoms with Crippen molar-refractivity contribution in [3.8, 4) is 0 Å². The molecule has 19 heavy (non-hydrogen) atoms. The number of ether oxygens (including phenoxy) is 1. The number of hydrogen-bond acceptors (Lipinski definition) is 4. The van der Waals surface area contributed by atoms with Gasteiger partial charge in [0.05, 0.1) is 12.2 Å². The van der Waals surface area contributed by atoms with E-state index in [4.69, 9.17) is 4.74 Å². The van der Waals surface area contributed by atoms with E-state index in [1.54, 1.807) is 44.2 Å². The van der Waals surface area contributed by atoms with Crippen LogP contribution in [0.2, 0.25) is 0 Å². The van der Waals surface area contributed by atoms with Crippen LogP contribution in [0.5, 0.6) is 0 Å². The molecule has 0 radical (unpaired) electrons. The topological polar surface area (TPSA) is 75.6 Å². The summed E-state index contributed by atoms with van der Waals surface area (Å²) in [5.74, 6) is -1.07. The third kappa shape index (κ3) is 4.71. The largest absolute Gasteiger partial charge is 0.461 e. The van der Waals surface area contributed by atoms with Gasteiger partial charge in [-0.15, -0.1) is 0 Å².